The molecule has 0 saturated carbocycles. The Hall–Kier alpha value is -3.75. The third-order valence-electron chi connectivity index (χ3n) is 3.68. The van der Waals surface area contributed by atoms with Crippen LogP contribution in [0.25, 0.3) is 0 Å². The quantitative estimate of drug-likeness (QED) is 0.611. The minimum absolute atomic E-state index is 0.228. The fourth-order valence-electron chi connectivity index (χ4n) is 2.35. The molecule has 0 saturated heterocycles. The molecule has 0 aliphatic carbocycles. The van der Waals surface area contributed by atoms with E-state index < -0.39 is 42.3 Å². The van der Waals surface area contributed by atoms with E-state index >= 15 is 0 Å². The van der Waals surface area contributed by atoms with Crippen LogP contribution in [0.1, 0.15) is 28.9 Å². The summed E-state index contributed by atoms with van der Waals surface area (Å²) in [6, 6.07) is 12.6. The molecule has 4 amide bonds. The van der Waals surface area contributed by atoms with Gasteiger partial charge in [0.15, 0.2) is 0 Å². The normalized spacial score (nSPS) is 11.1. The summed E-state index contributed by atoms with van der Waals surface area (Å²) in [5, 5.41) is 6.71. The van der Waals surface area contributed by atoms with Gasteiger partial charge in [0.25, 0.3) is 11.8 Å². The van der Waals surface area contributed by atoms with Crippen LogP contribution in [0.2, 0.25) is 0 Å². The van der Waals surface area contributed by atoms with Crippen LogP contribution in [-0.2, 0) is 14.3 Å². The zero-order chi connectivity index (χ0) is 21.2. The second-order valence-corrected chi connectivity index (χ2v) is 5.79. The molecule has 0 spiro atoms. The van der Waals surface area contributed by atoms with Gasteiger partial charge < -0.3 is 15.4 Å². The number of imide groups is 1. The van der Waals surface area contributed by atoms with Gasteiger partial charge in [-0.15, -0.1) is 0 Å². The van der Waals surface area contributed by atoms with E-state index in [-0.39, 0.29) is 5.56 Å². The standard InChI is InChI=1S/C20H20FN3O5/c1-2-22-20(28)24-19(27)17(13-8-4-3-5-9-13)29-16(25)12-23-18(26)14-10-6-7-11-15(14)21/h3-11,17H,2,12H2,1H3,(H,23,26)(H2,22,24,27,28)/t17-/m1/s1. The largest absolute Gasteiger partial charge is 0.446 e. The summed E-state index contributed by atoms with van der Waals surface area (Å²) in [7, 11) is 0. The van der Waals surface area contributed by atoms with Gasteiger partial charge in [0.2, 0.25) is 6.10 Å². The zero-order valence-electron chi connectivity index (χ0n) is 15.6. The molecule has 0 heterocycles. The highest BCUT2D eigenvalue weighted by molar-refractivity contribution is 5.98. The second-order valence-electron chi connectivity index (χ2n) is 5.79. The first-order chi connectivity index (χ1) is 13.9. The van der Waals surface area contributed by atoms with Crippen LogP contribution in [0.4, 0.5) is 9.18 Å². The first-order valence-electron chi connectivity index (χ1n) is 8.78. The van der Waals surface area contributed by atoms with Crippen molar-refractivity contribution in [3.05, 3.63) is 71.5 Å². The third-order valence-corrected chi connectivity index (χ3v) is 3.68. The summed E-state index contributed by atoms with van der Waals surface area (Å²) in [4.78, 5) is 48.1. The van der Waals surface area contributed by atoms with Crippen LogP contribution in [0, 0.1) is 5.82 Å². The van der Waals surface area contributed by atoms with Crippen LogP contribution >= 0.6 is 0 Å². The van der Waals surface area contributed by atoms with Crippen LogP contribution in [0.5, 0.6) is 0 Å². The molecule has 9 heteroatoms. The second kappa shape index (κ2) is 10.5. The molecule has 8 nitrogen and oxygen atoms in total. The highest BCUT2D eigenvalue weighted by Crippen LogP contribution is 2.17. The number of halogens is 1. The van der Waals surface area contributed by atoms with Gasteiger partial charge in [-0.3, -0.25) is 19.7 Å². The topological polar surface area (TPSA) is 114 Å². The highest BCUT2D eigenvalue weighted by atomic mass is 19.1. The average Bonchev–Trinajstić information content (AvgIpc) is 2.71. The molecule has 29 heavy (non-hydrogen) atoms. The van der Waals surface area contributed by atoms with Crippen LogP contribution in [0.3, 0.4) is 0 Å². The number of carbonyl (C=O) groups excluding carboxylic acids is 4. The number of ether oxygens (including phenoxy) is 1. The van der Waals surface area contributed by atoms with Crippen molar-refractivity contribution >= 4 is 23.8 Å². The Morgan fingerprint density at radius 3 is 2.28 bits per heavy atom. The lowest BCUT2D eigenvalue weighted by atomic mass is 10.1. The first-order valence-corrected chi connectivity index (χ1v) is 8.78. The molecule has 3 N–H and O–H groups in total. The number of rotatable bonds is 7. The maximum absolute atomic E-state index is 13.6. The minimum atomic E-state index is -1.41. The molecule has 0 aromatic heterocycles. The van der Waals surface area contributed by atoms with Crippen LogP contribution in [-0.4, -0.2) is 36.9 Å². The Morgan fingerprint density at radius 1 is 0.966 bits per heavy atom. The first kappa shape index (κ1) is 21.5. The number of benzene rings is 2. The van der Waals surface area contributed by atoms with Gasteiger partial charge in [0.1, 0.15) is 12.4 Å². The van der Waals surface area contributed by atoms with Crippen molar-refractivity contribution in [2.24, 2.45) is 0 Å². The highest BCUT2D eigenvalue weighted by Gasteiger charge is 2.26. The maximum atomic E-state index is 13.6. The summed E-state index contributed by atoms with van der Waals surface area (Å²) in [5.41, 5.74) is 0.108. The maximum Gasteiger partial charge on any atom is 0.326 e. The molecular weight excluding hydrogens is 381 g/mol. The Kier molecular flexibility index (Phi) is 7.84. The number of hydrogen-bond donors (Lipinski definition) is 3. The molecule has 2 rings (SSSR count). The number of urea groups is 1. The van der Waals surface area contributed by atoms with Crippen molar-refractivity contribution in [2.45, 2.75) is 13.0 Å². The van der Waals surface area contributed by atoms with Gasteiger partial charge in [-0.05, 0) is 19.1 Å². The molecule has 152 valence electrons. The van der Waals surface area contributed by atoms with E-state index in [9.17, 15) is 23.6 Å². The number of carbonyl (C=O) groups is 4. The van der Waals surface area contributed by atoms with Crippen LogP contribution in [0.15, 0.2) is 54.6 Å². The lowest BCUT2D eigenvalue weighted by Gasteiger charge is -2.18. The lowest BCUT2D eigenvalue weighted by molar-refractivity contribution is -0.155. The van der Waals surface area contributed by atoms with E-state index in [1.54, 1.807) is 37.3 Å². The Balaban J connectivity index is 2.03. The van der Waals surface area contributed by atoms with Gasteiger partial charge in [-0.1, -0.05) is 42.5 Å². The summed E-state index contributed by atoms with van der Waals surface area (Å²) < 4.78 is 18.8. The fraction of sp³-hybridized carbons (Fsp3) is 0.200. The molecule has 2 aromatic rings. The average molecular weight is 401 g/mol. The fourth-order valence-corrected chi connectivity index (χ4v) is 2.35. The van der Waals surface area contributed by atoms with E-state index in [2.05, 4.69) is 16.0 Å². The Morgan fingerprint density at radius 2 is 1.62 bits per heavy atom. The van der Waals surface area contributed by atoms with Crippen molar-refractivity contribution < 1.29 is 28.3 Å². The molecule has 0 radical (unpaired) electrons. The van der Waals surface area contributed by atoms with Crippen molar-refractivity contribution in [3.8, 4) is 0 Å². The monoisotopic (exact) mass is 401 g/mol. The van der Waals surface area contributed by atoms with E-state index in [4.69, 9.17) is 4.74 Å². The molecule has 0 unspecified atom stereocenters. The van der Waals surface area contributed by atoms with Crippen molar-refractivity contribution in [2.75, 3.05) is 13.1 Å². The van der Waals surface area contributed by atoms with Gasteiger partial charge >= 0.3 is 12.0 Å². The number of nitrogens with one attached hydrogen (secondary N) is 3. The zero-order valence-corrected chi connectivity index (χ0v) is 15.6. The summed E-state index contributed by atoms with van der Waals surface area (Å²) in [5.74, 6) is -3.32. The Labute approximate surface area is 166 Å². The van der Waals surface area contributed by atoms with E-state index in [1.807, 2.05) is 0 Å². The van der Waals surface area contributed by atoms with Crippen molar-refractivity contribution in [1.82, 2.24) is 16.0 Å². The van der Waals surface area contributed by atoms with Crippen molar-refractivity contribution in [3.63, 3.8) is 0 Å². The van der Waals surface area contributed by atoms with Crippen LogP contribution < -0.4 is 16.0 Å². The molecule has 1 atom stereocenters. The van der Waals surface area contributed by atoms with Gasteiger partial charge in [0, 0.05) is 12.1 Å². The summed E-state index contributed by atoms with van der Waals surface area (Å²) in [6.45, 7) is 1.39. The van der Waals surface area contributed by atoms with Crippen molar-refractivity contribution in [1.29, 1.82) is 0 Å². The van der Waals surface area contributed by atoms with Gasteiger partial charge in [-0.2, -0.15) is 0 Å². The predicted molar refractivity (Wildman–Crippen MR) is 101 cm³/mol. The number of amides is 4. The molecular formula is C20H20FN3O5. The predicted octanol–water partition coefficient (Wildman–Crippen LogP) is 1.69. The molecule has 0 fully saturated rings. The minimum Gasteiger partial charge on any atom is -0.446 e. The number of esters is 1. The smallest absolute Gasteiger partial charge is 0.326 e. The molecule has 0 aliphatic rings. The molecule has 0 bridgehead atoms. The lowest BCUT2D eigenvalue weighted by Crippen LogP contribution is -2.43. The summed E-state index contributed by atoms with van der Waals surface area (Å²) >= 11 is 0. The third kappa shape index (κ3) is 6.42. The Bertz CT molecular complexity index is 889. The van der Waals surface area contributed by atoms with E-state index in [0.717, 1.165) is 6.07 Å². The van der Waals surface area contributed by atoms with E-state index in [1.165, 1.54) is 18.2 Å². The number of hydrogen-bond acceptors (Lipinski definition) is 5. The summed E-state index contributed by atoms with van der Waals surface area (Å²) in [6.07, 6.45) is -1.41. The molecule has 0 aliphatic heterocycles. The van der Waals surface area contributed by atoms with Gasteiger partial charge in [0.05, 0.1) is 5.56 Å². The SMILES string of the molecule is CCNC(=O)NC(=O)[C@H](OC(=O)CNC(=O)c1ccccc1F)c1ccccc1. The molecule has 2 aromatic carbocycles. The van der Waals surface area contributed by atoms with Gasteiger partial charge in [-0.25, -0.2) is 9.18 Å². The van der Waals surface area contributed by atoms with E-state index in [0.29, 0.717) is 12.1 Å².